The highest BCUT2D eigenvalue weighted by atomic mass is 35.5. The van der Waals surface area contributed by atoms with Gasteiger partial charge in [-0.05, 0) is 32.8 Å². The van der Waals surface area contributed by atoms with E-state index in [1.54, 1.807) is 0 Å². The standard InChI is InChI=1S/C11H17ClO/c1-8-7-11(4,10(2,3)13)6-5-9(8)12/h5,7,13H,6H2,1-4H3. The smallest absolute Gasteiger partial charge is 0.0682 e. The van der Waals surface area contributed by atoms with E-state index in [4.69, 9.17) is 11.6 Å². The quantitative estimate of drug-likeness (QED) is 0.689. The van der Waals surface area contributed by atoms with Crippen molar-refractivity contribution < 1.29 is 5.11 Å². The van der Waals surface area contributed by atoms with Crippen molar-refractivity contribution in [2.75, 3.05) is 0 Å². The van der Waals surface area contributed by atoms with Crippen molar-refractivity contribution in [3.05, 3.63) is 22.8 Å². The zero-order valence-electron chi connectivity index (χ0n) is 8.69. The first-order chi connectivity index (χ1) is 5.76. The maximum absolute atomic E-state index is 9.99. The van der Waals surface area contributed by atoms with Crippen molar-refractivity contribution >= 4 is 11.6 Å². The van der Waals surface area contributed by atoms with Crippen LogP contribution in [0, 0.1) is 5.41 Å². The molecule has 0 amide bonds. The molecular formula is C11H17ClO. The predicted molar refractivity (Wildman–Crippen MR) is 56.7 cm³/mol. The van der Waals surface area contributed by atoms with E-state index >= 15 is 0 Å². The van der Waals surface area contributed by atoms with Gasteiger partial charge >= 0.3 is 0 Å². The fourth-order valence-electron chi connectivity index (χ4n) is 1.49. The Morgan fingerprint density at radius 3 is 2.46 bits per heavy atom. The molecule has 0 saturated carbocycles. The molecule has 1 N–H and O–H groups in total. The molecule has 1 rings (SSSR count). The first kappa shape index (κ1) is 10.8. The van der Waals surface area contributed by atoms with Gasteiger partial charge in [0.1, 0.15) is 0 Å². The lowest BCUT2D eigenvalue weighted by molar-refractivity contribution is -0.0168. The largest absolute Gasteiger partial charge is 0.390 e. The molecule has 2 heteroatoms. The van der Waals surface area contributed by atoms with Crippen LogP contribution >= 0.6 is 11.6 Å². The summed E-state index contributed by atoms with van der Waals surface area (Å²) in [5, 5.41) is 10.8. The minimum Gasteiger partial charge on any atom is -0.390 e. The van der Waals surface area contributed by atoms with Crippen LogP contribution in [0.4, 0.5) is 0 Å². The van der Waals surface area contributed by atoms with Gasteiger partial charge in [-0.25, -0.2) is 0 Å². The van der Waals surface area contributed by atoms with Gasteiger partial charge < -0.3 is 5.11 Å². The highest BCUT2D eigenvalue weighted by molar-refractivity contribution is 6.32. The Morgan fingerprint density at radius 2 is 2.08 bits per heavy atom. The highest BCUT2D eigenvalue weighted by Gasteiger charge is 2.38. The van der Waals surface area contributed by atoms with Crippen LogP contribution in [0.25, 0.3) is 0 Å². The lowest BCUT2D eigenvalue weighted by Gasteiger charge is -2.39. The van der Waals surface area contributed by atoms with Gasteiger partial charge in [0.15, 0.2) is 0 Å². The molecule has 0 fully saturated rings. The average molecular weight is 201 g/mol. The molecular weight excluding hydrogens is 184 g/mol. The van der Waals surface area contributed by atoms with Crippen LogP contribution in [0.5, 0.6) is 0 Å². The number of hydrogen-bond donors (Lipinski definition) is 1. The van der Waals surface area contributed by atoms with Crippen molar-refractivity contribution in [3.8, 4) is 0 Å². The second kappa shape index (κ2) is 3.14. The second-order valence-electron chi connectivity index (χ2n) is 4.56. The zero-order chi connectivity index (χ0) is 10.3. The van der Waals surface area contributed by atoms with Crippen LogP contribution in [0.15, 0.2) is 22.8 Å². The number of allylic oxidation sites excluding steroid dienone is 3. The molecule has 0 heterocycles. The zero-order valence-corrected chi connectivity index (χ0v) is 9.44. The second-order valence-corrected chi connectivity index (χ2v) is 4.97. The maximum Gasteiger partial charge on any atom is 0.0682 e. The average Bonchev–Trinajstić information content (AvgIpc) is 1.95. The SMILES string of the molecule is CC1=CC(C)(C(C)(C)O)CC=C1Cl. The molecule has 1 aliphatic carbocycles. The predicted octanol–water partition coefficient (Wildman–Crippen LogP) is 3.24. The van der Waals surface area contributed by atoms with Gasteiger partial charge in [0.05, 0.1) is 5.60 Å². The molecule has 1 nitrogen and oxygen atoms in total. The summed E-state index contributed by atoms with van der Waals surface area (Å²) in [5.74, 6) is 0. The van der Waals surface area contributed by atoms with E-state index < -0.39 is 5.60 Å². The molecule has 1 aliphatic rings. The van der Waals surface area contributed by atoms with Crippen molar-refractivity contribution in [2.24, 2.45) is 5.41 Å². The van der Waals surface area contributed by atoms with E-state index in [-0.39, 0.29) is 5.41 Å². The summed E-state index contributed by atoms with van der Waals surface area (Å²) in [6, 6.07) is 0. The molecule has 0 aliphatic heterocycles. The van der Waals surface area contributed by atoms with Crippen LogP contribution in [0.3, 0.4) is 0 Å². The van der Waals surface area contributed by atoms with E-state index in [1.165, 1.54) is 0 Å². The van der Waals surface area contributed by atoms with Crippen LogP contribution in [-0.2, 0) is 0 Å². The van der Waals surface area contributed by atoms with Gasteiger partial charge in [0, 0.05) is 10.4 Å². The van der Waals surface area contributed by atoms with Crippen LogP contribution < -0.4 is 0 Å². The fourth-order valence-corrected chi connectivity index (χ4v) is 1.63. The Labute approximate surface area is 85.1 Å². The van der Waals surface area contributed by atoms with Crippen LogP contribution in [-0.4, -0.2) is 10.7 Å². The Kier molecular flexibility index (Phi) is 2.61. The summed E-state index contributed by atoms with van der Waals surface area (Å²) in [7, 11) is 0. The van der Waals surface area contributed by atoms with Gasteiger partial charge in [-0.2, -0.15) is 0 Å². The van der Waals surface area contributed by atoms with E-state index in [9.17, 15) is 5.11 Å². The molecule has 0 saturated heterocycles. The van der Waals surface area contributed by atoms with Crippen molar-refractivity contribution in [2.45, 2.75) is 39.7 Å². The maximum atomic E-state index is 9.99. The number of rotatable bonds is 1. The molecule has 0 aromatic carbocycles. The third-order valence-electron chi connectivity index (χ3n) is 3.01. The monoisotopic (exact) mass is 200 g/mol. The molecule has 0 spiro atoms. The first-order valence-corrected chi connectivity index (χ1v) is 4.92. The molecule has 1 unspecified atom stereocenters. The summed E-state index contributed by atoms with van der Waals surface area (Å²) < 4.78 is 0. The third kappa shape index (κ3) is 1.97. The van der Waals surface area contributed by atoms with E-state index in [0.29, 0.717) is 0 Å². The van der Waals surface area contributed by atoms with Crippen molar-refractivity contribution in [1.29, 1.82) is 0 Å². The molecule has 13 heavy (non-hydrogen) atoms. The molecule has 0 bridgehead atoms. The van der Waals surface area contributed by atoms with Crippen molar-refractivity contribution in [1.82, 2.24) is 0 Å². The van der Waals surface area contributed by atoms with Crippen LogP contribution in [0.1, 0.15) is 34.1 Å². The summed E-state index contributed by atoms with van der Waals surface area (Å²) in [5.41, 5.74) is 0.148. The lowest BCUT2D eigenvalue weighted by atomic mass is 9.70. The third-order valence-corrected chi connectivity index (χ3v) is 3.47. The topological polar surface area (TPSA) is 20.2 Å². The van der Waals surface area contributed by atoms with E-state index in [2.05, 4.69) is 13.0 Å². The number of aliphatic hydroxyl groups is 1. The number of hydrogen-bond acceptors (Lipinski definition) is 1. The van der Waals surface area contributed by atoms with E-state index in [1.807, 2.05) is 26.8 Å². The molecule has 0 aromatic rings. The fraction of sp³-hybridized carbons (Fsp3) is 0.636. The number of halogens is 1. The highest BCUT2D eigenvalue weighted by Crippen LogP contribution is 2.42. The normalized spacial score (nSPS) is 29.7. The summed E-state index contributed by atoms with van der Waals surface area (Å²) >= 11 is 5.96. The van der Waals surface area contributed by atoms with Gasteiger partial charge in [-0.15, -0.1) is 0 Å². The van der Waals surface area contributed by atoms with Gasteiger partial charge in [0.2, 0.25) is 0 Å². The van der Waals surface area contributed by atoms with Crippen LogP contribution in [0.2, 0.25) is 0 Å². The Balaban J connectivity index is 3.01. The molecule has 0 aromatic heterocycles. The van der Waals surface area contributed by atoms with Gasteiger partial charge in [0.25, 0.3) is 0 Å². The Hall–Kier alpha value is -0.270. The molecule has 0 radical (unpaired) electrons. The van der Waals surface area contributed by atoms with E-state index in [0.717, 1.165) is 17.0 Å². The van der Waals surface area contributed by atoms with Gasteiger partial charge in [-0.3, -0.25) is 0 Å². The van der Waals surface area contributed by atoms with Gasteiger partial charge in [-0.1, -0.05) is 30.7 Å². The molecule has 1 atom stereocenters. The van der Waals surface area contributed by atoms with Crippen molar-refractivity contribution in [3.63, 3.8) is 0 Å². The summed E-state index contributed by atoms with van der Waals surface area (Å²) in [4.78, 5) is 0. The minimum absolute atomic E-state index is 0.199. The lowest BCUT2D eigenvalue weighted by Crippen LogP contribution is -2.40. The molecule has 74 valence electrons. The summed E-state index contributed by atoms with van der Waals surface area (Å²) in [6.45, 7) is 7.70. The first-order valence-electron chi connectivity index (χ1n) is 4.54. The summed E-state index contributed by atoms with van der Waals surface area (Å²) in [6.07, 6.45) is 4.84. The minimum atomic E-state index is -0.706. The Bertz CT molecular complexity index is 270. The Morgan fingerprint density at radius 1 is 1.54 bits per heavy atom.